The summed E-state index contributed by atoms with van der Waals surface area (Å²) in [6.45, 7) is 3.73. The van der Waals surface area contributed by atoms with E-state index in [-0.39, 0.29) is 24.3 Å². The number of aromatic nitrogens is 2. The molecule has 182 valence electrons. The summed E-state index contributed by atoms with van der Waals surface area (Å²) in [6.07, 6.45) is 5.53. The van der Waals surface area contributed by atoms with Crippen LogP contribution in [0.1, 0.15) is 67.9 Å². The Balaban J connectivity index is 1.95. The highest BCUT2D eigenvalue weighted by Crippen LogP contribution is 2.54. The van der Waals surface area contributed by atoms with Gasteiger partial charge in [0.05, 0.1) is 35.8 Å². The van der Waals surface area contributed by atoms with Gasteiger partial charge in [-0.3, -0.25) is 19.6 Å². The number of carboxylic acid groups (broad SMARTS) is 1. The predicted octanol–water partition coefficient (Wildman–Crippen LogP) is 6.47. The van der Waals surface area contributed by atoms with Gasteiger partial charge in [0, 0.05) is 28.4 Å². The molecular weight excluding hydrogens is 485 g/mol. The van der Waals surface area contributed by atoms with E-state index in [1.165, 1.54) is 0 Å². The second-order valence-corrected chi connectivity index (χ2v) is 10.1. The maximum absolute atomic E-state index is 14.2. The first-order valence-corrected chi connectivity index (χ1v) is 12.3. The molecule has 1 aliphatic heterocycles. The van der Waals surface area contributed by atoms with Gasteiger partial charge < -0.3 is 10.0 Å². The van der Waals surface area contributed by atoms with Crippen molar-refractivity contribution in [2.24, 2.45) is 5.41 Å². The third-order valence-electron chi connectivity index (χ3n) is 6.78. The topological polar surface area (TPSA) is 83.4 Å². The Hall–Kier alpha value is -2.96. The van der Waals surface area contributed by atoms with E-state index in [9.17, 15) is 14.7 Å². The van der Waals surface area contributed by atoms with Crippen LogP contribution in [0.25, 0.3) is 0 Å². The van der Waals surface area contributed by atoms with E-state index in [1.807, 2.05) is 54.3 Å². The predicted molar refractivity (Wildman–Crippen MR) is 135 cm³/mol. The SMILES string of the molecule is CC[C@H](c1cnccn1)N1C(=O)[C@](C)(CC(=O)O)C[C@H](c2cccc(Cl)c2)[C@H]1c1ccc(Cl)cc1. The lowest BCUT2D eigenvalue weighted by Crippen LogP contribution is -2.53. The van der Waals surface area contributed by atoms with Crippen molar-refractivity contribution in [2.75, 3.05) is 0 Å². The Bertz CT molecular complexity index is 1210. The zero-order valence-electron chi connectivity index (χ0n) is 19.6. The number of benzene rings is 2. The maximum Gasteiger partial charge on any atom is 0.304 e. The van der Waals surface area contributed by atoms with Crippen LogP contribution in [-0.4, -0.2) is 31.9 Å². The molecule has 4 rings (SSSR count). The van der Waals surface area contributed by atoms with E-state index in [1.54, 1.807) is 31.6 Å². The molecule has 6 nitrogen and oxygen atoms in total. The first kappa shape index (κ1) is 25.1. The van der Waals surface area contributed by atoms with Gasteiger partial charge in [0.2, 0.25) is 5.91 Å². The summed E-state index contributed by atoms with van der Waals surface area (Å²) in [4.78, 5) is 36.7. The number of rotatable bonds is 7. The van der Waals surface area contributed by atoms with Gasteiger partial charge >= 0.3 is 5.97 Å². The molecule has 1 N–H and O–H groups in total. The van der Waals surface area contributed by atoms with E-state index in [2.05, 4.69) is 9.97 Å². The largest absolute Gasteiger partial charge is 0.481 e. The molecule has 0 unspecified atom stereocenters. The lowest BCUT2D eigenvalue weighted by atomic mass is 9.67. The third-order valence-corrected chi connectivity index (χ3v) is 7.27. The second kappa shape index (κ2) is 10.3. The van der Waals surface area contributed by atoms with Crippen molar-refractivity contribution < 1.29 is 14.7 Å². The number of hydrogen-bond acceptors (Lipinski definition) is 4. The Morgan fingerprint density at radius 2 is 1.89 bits per heavy atom. The molecule has 0 bridgehead atoms. The molecule has 8 heteroatoms. The van der Waals surface area contributed by atoms with Crippen LogP contribution in [-0.2, 0) is 9.59 Å². The van der Waals surface area contributed by atoms with Gasteiger partial charge in [0.15, 0.2) is 0 Å². The lowest BCUT2D eigenvalue weighted by Gasteiger charge is -2.51. The quantitative estimate of drug-likeness (QED) is 0.392. The minimum Gasteiger partial charge on any atom is -0.481 e. The average Bonchev–Trinajstić information content (AvgIpc) is 2.83. The number of carbonyl (C=O) groups is 2. The van der Waals surface area contributed by atoms with Gasteiger partial charge in [-0.25, -0.2) is 0 Å². The molecule has 4 atom stereocenters. The molecule has 35 heavy (non-hydrogen) atoms. The summed E-state index contributed by atoms with van der Waals surface area (Å²) in [5.74, 6) is -1.43. The van der Waals surface area contributed by atoms with Crippen LogP contribution in [0.15, 0.2) is 67.1 Å². The minimum absolute atomic E-state index is 0.206. The van der Waals surface area contributed by atoms with Gasteiger partial charge in [-0.2, -0.15) is 0 Å². The molecule has 2 aromatic carbocycles. The number of amides is 1. The zero-order chi connectivity index (χ0) is 25.2. The Labute approximate surface area is 214 Å². The molecule has 1 aliphatic rings. The number of aliphatic carboxylic acids is 1. The number of halogens is 2. The van der Waals surface area contributed by atoms with Crippen LogP contribution in [0.2, 0.25) is 10.0 Å². The van der Waals surface area contributed by atoms with E-state index < -0.39 is 17.4 Å². The monoisotopic (exact) mass is 511 g/mol. The van der Waals surface area contributed by atoms with Crippen molar-refractivity contribution in [3.8, 4) is 0 Å². The summed E-state index contributed by atoms with van der Waals surface area (Å²) in [6, 6.07) is 14.3. The summed E-state index contributed by atoms with van der Waals surface area (Å²) in [7, 11) is 0. The first-order valence-electron chi connectivity index (χ1n) is 11.5. The van der Waals surface area contributed by atoms with E-state index in [0.717, 1.165) is 11.1 Å². The number of carboxylic acids is 1. The first-order chi connectivity index (χ1) is 16.7. The molecule has 0 saturated carbocycles. The van der Waals surface area contributed by atoms with Crippen molar-refractivity contribution in [1.82, 2.24) is 14.9 Å². The smallest absolute Gasteiger partial charge is 0.304 e. The van der Waals surface area contributed by atoms with Gasteiger partial charge in [-0.05, 0) is 48.2 Å². The van der Waals surface area contributed by atoms with E-state index in [4.69, 9.17) is 23.2 Å². The molecule has 3 aromatic rings. The highest BCUT2D eigenvalue weighted by Gasteiger charge is 2.52. The molecule has 1 fully saturated rings. The summed E-state index contributed by atoms with van der Waals surface area (Å²) in [5.41, 5.74) is 1.40. The van der Waals surface area contributed by atoms with Crippen LogP contribution in [0, 0.1) is 5.41 Å². The van der Waals surface area contributed by atoms with E-state index in [0.29, 0.717) is 28.6 Å². The fraction of sp³-hybridized carbons (Fsp3) is 0.333. The van der Waals surface area contributed by atoms with Crippen LogP contribution < -0.4 is 0 Å². The molecule has 0 aliphatic carbocycles. The fourth-order valence-corrected chi connectivity index (χ4v) is 5.58. The normalized spacial score (nSPS) is 23.2. The summed E-state index contributed by atoms with van der Waals surface area (Å²) >= 11 is 12.6. The van der Waals surface area contributed by atoms with Crippen molar-refractivity contribution in [3.05, 3.63) is 94.0 Å². The van der Waals surface area contributed by atoms with Crippen molar-refractivity contribution in [1.29, 1.82) is 0 Å². The average molecular weight is 512 g/mol. The van der Waals surface area contributed by atoms with Gasteiger partial charge in [-0.1, -0.05) is 61.3 Å². The zero-order valence-corrected chi connectivity index (χ0v) is 21.1. The van der Waals surface area contributed by atoms with Crippen molar-refractivity contribution in [2.45, 2.75) is 51.1 Å². The fourth-order valence-electron chi connectivity index (χ4n) is 5.25. The molecule has 1 saturated heterocycles. The Kier molecular flexibility index (Phi) is 7.43. The molecule has 2 heterocycles. The van der Waals surface area contributed by atoms with Crippen LogP contribution in [0.5, 0.6) is 0 Å². The van der Waals surface area contributed by atoms with Gasteiger partial charge in [0.1, 0.15) is 0 Å². The third kappa shape index (κ3) is 5.19. The number of piperidine rings is 1. The molecule has 1 amide bonds. The molecular formula is C27H27Cl2N3O3. The molecule has 0 spiro atoms. The summed E-state index contributed by atoms with van der Waals surface area (Å²) < 4.78 is 0. The number of likely N-dealkylation sites (tertiary alicyclic amines) is 1. The molecule has 0 radical (unpaired) electrons. The second-order valence-electron chi connectivity index (χ2n) is 9.26. The highest BCUT2D eigenvalue weighted by atomic mass is 35.5. The highest BCUT2D eigenvalue weighted by molar-refractivity contribution is 6.30. The Morgan fingerprint density at radius 1 is 1.14 bits per heavy atom. The number of carbonyl (C=O) groups excluding carboxylic acids is 1. The minimum atomic E-state index is -1.11. The van der Waals surface area contributed by atoms with Crippen molar-refractivity contribution in [3.63, 3.8) is 0 Å². The lowest BCUT2D eigenvalue weighted by molar-refractivity contribution is -0.161. The van der Waals surface area contributed by atoms with Crippen LogP contribution in [0.3, 0.4) is 0 Å². The number of nitrogens with zero attached hydrogens (tertiary/aromatic N) is 3. The van der Waals surface area contributed by atoms with Gasteiger partial charge in [-0.15, -0.1) is 0 Å². The molecule has 1 aromatic heterocycles. The van der Waals surface area contributed by atoms with Gasteiger partial charge in [0.25, 0.3) is 0 Å². The van der Waals surface area contributed by atoms with Crippen LogP contribution >= 0.6 is 23.2 Å². The Morgan fingerprint density at radius 3 is 2.49 bits per heavy atom. The summed E-state index contributed by atoms with van der Waals surface area (Å²) in [5, 5.41) is 10.9. The maximum atomic E-state index is 14.2. The standard InChI is InChI=1S/C27H27Cl2N3O3/c1-3-23(22-16-30-11-12-31-22)32-25(17-7-9-19(28)10-8-17)21(18-5-4-6-20(29)13-18)14-27(2,26(32)35)15-24(33)34/h4-13,16,21,23,25H,3,14-15H2,1-2H3,(H,33,34)/t21-,23-,25-,27+/m1/s1. The number of hydrogen-bond donors (Lipinski definition) is 1. The van der Waals surface area contributed by atoms with Crippen LogP contribution in [0.4, 0.5) is 0 Å². The van der Waals surface area contributed by atoms with Crippen molar-refractivity contribution >= 4 is 35.1 Å². The van der Waals surface area contributed by atoms with E-state index >= 15 is 0 Å².